The summed E-state index contributed by atoms with van der Waals surface area (Å²) in [5.41, 5.74) is 1.19. The van der Waals surface area contributed by atoms with Crippen LogP contribution in [0.25, 0.3) is 0 Å². The molecule has 4 nitrogen and oxygen atoms in total. The van der Waals surface area contributed by atoms with Crippen LogP contribution in [0.4, 0.5) is 5.13 Å². The Balaban J connectivity index is 2.65. The molecule has 1 rings (SSSR count). The van der Waals surface area contributed by atoms with Crippen molar-refractivity contribution in [2.24, 2.45) is 7.05 Å². The van der Waals surface area contributed by atoms with Crippen molar-refractivity contribution in [1.29, 1.82) is 0 Å². The van der Waals surface area contributed by atoms with Gasteiger partial charge in [0, 0.05) is 5.38 Å². The summed E-state index contributed by atoms with van der Waals surface area (Å²) in [5.74, 6) is -0.189. The molecule has 0 aromatic carbocycles. The topological polar surface area (TPSA) is 33.4 Å². The monoisotopic (exact) mass is 229 g/mol. The lowest BCUT2D eigenvalue weighted by atomic mass is 10.5. The van der Waals surface area contributed by atoms with E-state index < -0.39 is 0 Å². The number of thiazole rings is 1. The number of esters is 1. The van der Waals surface area contributed by atoms with Crippen molar-refractivity contribution >= 4 is 22.4 Å². The van der Waals surface area contributed by atoms with E-state index in [1.165, 1.54) is 5.69 Å². The van der Waals surface area contributed by atoms with Gasteiger partial charge in [0.05, 0.1) is 20.7 Å². The van der Waals surface area contributed by atoms with Crippen LogP contribution < -0.4 is 9.47 Å². The van der Waals surface area contributed by atoms with Crippen molar-refractivity contribution in [2.75, 3.05) is 25.1 Å². The fourth-order valence-electron chi connectivity index (χ4n) is 1.26. The standard InChI is InChI=1S/C10H17N2O2S/c1-5-14-9(13)6-11(3)10-12(4)8(2)7-15-10/h7H,5-6H2,1-4H3/q+1. The maximum atomic E-state index is 11.3. The summed E-state index contributed by atoms with van der Waals surface area (Å²) in [6.45, 7) is 4.58. The van der Waals surface area contributed by atoms with Crippen molar-refractivity contribution in [1.82, 2.24) is 0 Å². The Labute approximate surface area is 94.1 Å². The van der Waals surface area contributed by atoms with Gasteiger partial charge < -0.3 is 4.74 Å². The molecule has 0 N–H and O–H groups in total. The molecule has 0 radical (unpaired) electrons. The van der Waals surface area contributed by atoms with E-state index >= 15 is 0 Å². The lowest BCUT2D eigenvalue weighted by Gasteiger charge is -2.09. The molecule has 0 aliphatic heterocycles. The maximum absolute atomic E-state index is 11.3. The number of hydrogen-bond donors (Lipinski definition) is 0. The van der Waals surface area contributed by atoms with E-state index in [0.717, 1.165) is 5.13 Å². The zero-order valence-corrected chi connectivity index (χ0v) is 10.4. The van der Waals surface area contributed by atoms with Crippen LogP contribution in [-0.2, 0) is 16.6 Å². The highest BCUT2D eigenvalue weighted by Crippen LogP contribution is 2.15. The van der Waals surface area contributed by atoms with Crippen molar-refractivity contribution < 1.29 is 14.1 Å². The van der Waals surface area contributed by atoms with Crippen LogP contribution in [0, 0.1) is 6.92 Å². The lowest BCUT2D eigenvalue weighted by Crippen LogP contribution is -2.39. The third-order valence-corrected chi connectivity index (χ3v) is 3.40. The fraction of sp³-hybridized carbons (Fsp3) is 0.600. The molecule has 0 atom stereocenters. The van der Waals surface area contributed by atoms with E-state index in [1.54, 1.807) is 11.3 Å². The molecular weight excluding hydrogens is 212 g/mol. The summed E-state index contributed by atoms with van der Waals surface area (Å²) < 4.78 is 6.95. The predicted octanol–water partition coefficient (Wildman–Crippen LogP) is 0.880. The quantitative estimate of drug-likeness (QED) is 0.567. The number of nitrogens with zero attached hydrogens (tertiary/aromatic N) is 2. The van der Waals surface area contributed by atoms with Crippen LogP contribution >= 0.6 is 11.3 Å². The Bertz CT molecular complexity index is 349. The van der Waals surface area contributed by atoms with Gasteiger partial charge in [0.2, 0.25) is 0 Å². The summed E-state index contributed by atoms with van der Waals surface area (Å²) in [5, 5.41) is 3.12. The SMILES string of the molecule is CCOC(=O)CN(C)c1scc(C)[n+]1C. The molecule has 1 aromatic rings. The van der Waals surface area contributed by atoms with Gasteiger partial charge in [0.1, 0.15) is 5.69 Å². The fourth-order valence-corrected chi connectivity index (χ4v) is 2.24. The van der Waals surface area contributed by atoms with E-state index in [-0.39, 0.29) is 5.97 Å². The van der Waals surface area contributed by atoms with Gasteiger partial charge in [-0.05, 0) is 13.8 Å². The number of rotatable bonds is 4. The average Bonchev–Trinajstić information content (AvgIpc) is 2.48. The third-order valence-electron chi connectivity index (χ3n) is 2.15. The molecule has 84 valence electrons. The number of anilines is 1. The van der Waals surface area contributed by atoms with Crippen LogP contribution in [0.15, 0.2) is 5.38 Å². The number of hydrogen-bond acceptors (Lipinski definition) is 4. The second-order valence-corrected chi connectivity index (χ2v) is 4.22. The normalized spacial score (nSPS) is 10.1. The number of carbonyl (C=O) groups excluding carboxylic acids is 1. The molecule has 1 aromatic heterocycles. The molecule has 0 aliphatic rings. The van der Waals surface area contributed by atoms with Crippen LogP contribution in [0.3, 0.4) is 0 Å². The first-order valence-corrected chi connectivity index (χ1v) is 5.75. The van der Waals surface area contributed by atoms with Gasteiger partial charge in [-0.1, -0.05) is 11.3 Å². The van der Waals surface area contributed by atoms with Gasteiger partial charge in [0.25, 0.3) is 0 Å². The Morgan fingerprint density at radius 2 is 2.33 bits per heavy atom. The first-order chi connectivity index (χ1) is 7.06. The summed E-state index contributed by atoms with van der Waals surface area (Å²) in [6, 6.07) is 0. The minimum Gasteiger partial charge on any atom is -0.463 e. The number of ether oxygens (including phenoxy) is 1. The maximum Gasteiger partial charge on any atom is 0.348 e. The first-order valence-electron chi connectivity index (χ1n) is 4.87. The highest BCUT2D eigenvalue weighted by molar-refractivity contribution is 7.13. The van der Waals surface area contributed by atoms with E-state index in [2.05, 4.69) is 9.95 Å². The minimum absolute atomic E-state index is 0.189. The Morgan fingerprint density at radius 3 is 2.80 bits per heavy atom. The molecule has 15 heavy (non-hydrogen) atoms. The van der Waals surface area contributed by atoms with Crippen LogP contribution in [0.5, 0.6) is 0 Å². The van der Waals surface area contributed by atoms with Gasteiger partial charge in [-0.25, -0.2) is 14.3 Å². The molecule has 0 spiro atoms. The summed E-state index contributed by atoms with van der Waals surface area (Å²) >= 11 is 1.63. The molecule has 5 heteroatoms. The molecule has 0 unspecified atom stereocenters. The van der Waals surface area contributed by atoms with E-state index in [4.69, 9.17) is 4.74 Å². The first kappa shape index (κ1) is 12.0. The van der Waals surface area contributed by atoms with Crippen molar-refractivity contribution in [3.8, 4) is 0 Å². The van der Waals surface area contributed by atoms with E-state index in [1.807, 2.05) is 32.8 Å². The van der Waals surface area contributed by atoms with Crippen LogP contribution in [0.2, 0.25) is 0 Å². The van der Waals surface area contributed by atoms with Gasteiger partial charge in [-0.3, -0.25) is 0 Å². The number of likely N-dealkylation sites (N-methyl/N-ethyl adjacent to an activating group) is 1. The van der Waals surface area contributed by atoms with Crippen molar-refractivity contribution in [2.45, 2.75) is 13.8 Å². The third kappa shape index (κ3) is 2.92. The molecule has 0 aliphatic carbocycles. The Morgan fingerprint density at radius 1 is 1.67 bits per heavy atom. The molecule has 0 saturated carbocycles. The molecule has 0 bridgehead atoms. The highest BCUT2D eigenvalue weighted by Gasteiger charge is 2.20. The highest BCUT2D eigenvalue weighted by atomic mass is 32.1. The minimum atomic E-state index is -0.189. The van der Waals surface area contributed by atoms with Crippen LogP contribution in [0.1, 0.15) is 12.6 Å². The van der Waals surface area contributed by atoms with Crippen molar-refractivity contribution in [3.05, 3.63) is 11.1 Å². The second-order valence-electron chi connectivity index (χ2n) is 3.38. The zero-order valence-electron chi connectivity index (χ0n) is 9.61. The largest absolute Gasteiger partial charge is 0.463 e. The van der Waals surface area contributed by atoms with Gasteiger partial charge in [0.15, 0.2) is 6.54 Å². The predicted molar refractivity (Wildman–Crippen MR) is 60.1 cm³/mol. The summed E-state index contributed by atoms with van der Waals surface area (Å²) in [7, 11) is 3.88. The number of aryl methyl sites for hydroxylation is 1. The molecular formula is C10H17N2O2S+. The second kappa shape index (κ2) is 5.11. The number of aromatic nitrogens is 1. The molecule has 0 fully saturated rings. The van der Waals surface area contributed by atoms with Crippen LogP contribution in [-0.4, -0.2) is 26.2 Å². The average molecular weight is 229 g/mol. The Hall–Kier alpha value is -1.10. The van der Waals surface area contributed by atoms with Crippen molar-refractivity contribution in [3.63, 3.8) is 0 Å². The molecule has 0 saturated heterocycles. The van der Waals surface area contributed by atoms with Gasteiger partial charge in [-0.2, -0.15) is 0 Å². The van der Waals surface area contributed by atoms with Gasteiger partial charge >= 0.3 is 11.1 Å². The van der Waals surface area contributed by atoms with E-state index in [9.17, 15) is 4.79 Å². The Kier molecular flexibility index (Phi) is 4.08. The lowest BCUT2D eigenvalue weighted by molar-refractivity contribution is -0.660. The smallest absolute Gasteiger partial charge is 0.348 e. The number of carbonyl (C=O) groups is 1. The zero-order chi connectivity index (χ0) is 11.4. The van der Waals surface area contributed by atoms with E-state index in [0.29, 0.717) is 13.2 Å². The molecule has 0 amide bonds. The molecule has 1 heterocycles. The summed E-state index contributed by atoms with van der Waals surface area (Å²) in [4.78, 5) is 13.2. The van der Waals surface area contributed by atoms with Gasteiger partial charge in [-0.15, -0.1) is 0 Å². The summed E-state index contributed by atoms with van der Waals surface area (Å²) in [6.07, 6.45) is 0.